The first kappa shape index (κ1) is 16.8. The molecule has 0 saturated heterocycles. The lowest BCUT2D eigenvalue weighted by Gasteiger charge is -2.23. The van der Waals surface area contributed by atoms with Gasteiger partial charge in [0.1, 0.15) is 0 Å². The molecule has 0 spiro atoms. The Bertz CT molecular complexity index is 674. The fourth-order valence-corrected chi connectivity index (χ4v) is 2.93. The van der Waals surface area contributed by atoms with Gasteiger partial charge in [0.05, 0.1) is 10.7 Å². The van der Waals surface area contributed by atoms with Gasteiger partial charge in [-0.15, -0.1) is 0 Å². The van der Waals surface area contributed by atoms with Crippen LogP contribution in [0.1, 0.15) is 22.3 Å². The smallest absolute Gasteiger partial charge is 0.173 e. The predicted molar refractivity (Wildman–Crippen MR) is 99.8 cm³/mol. The van der Waals surface area contributed by atoms with E-state index >= 15 is 0 Å². The number of thiocarbonyl (C=S) groups is 1. The van der Waals surface area contributed by atoms with Crippen molar-refractivity contribution in [3.63, 3.8) is 0 Å². The van der Waals surface area contributed by atoms with Gasteiger partial charge in [0, 0.05) is 13.6 Å². The largest absolute Gasteiger partial charge is 0.348 e. The molecule has 2 aromatic rings. The highest BCUT2D eigenvalue weighted by Gasteiger charge is 2.11. The molecule has 0 unspecified atom stereocenters. The van der Waals surface area contributed by atoms with Gasteiger partial charge in [-0.05, 0) is 61.3 Å². The molecule has 116 valence electrons. The van der Waals surface area contributed by atoms with Gasteiger partial charge in [-0.3, -0.25) is 0 Å². The number of aryl methyl sites for hydroxylation is 3. The fraction of sp³-hybridized carbons (Fsp3) is 0.278. The third kappa shape index (κ3) is 3.99. The van der Waals surface area contributed by atoms with Crippen LogP contribution in [0.25, 0.3) is 0 Å². The van der Waals surface area contributed by atoms with E-state index in [9.17, 15) is 0 Å². The molecule has 0 aliphatic carbocycles. The van der Waals surface area contributed by atoms with Crippen molar-refractivity contribution < 1.29 is 0 Å². The summed E-state index contributed by atoms with van der Waals surface area (Å²) in [5.41, 5.74) is 5.65. The lowest BCUT2D eigenvalue weighted by Crippen LogP contribution is -2.31. The van der Waals surface area contributed by atoms with E-state index in [1.165, 1.54) is 11.1 Å². The molecule has 0 aliphatic rings. The zero-order valence-electron chi connectivity index (χ0n) is 13.4. The Balaban J connectivity index is 2.11. The maximum atomic E-state index is 6.33. The van der Waals surface area contributed by atoms with Crippen molar-refractivity contribution in [2.45, 2.75) is 27.3 Å². The summed E-state index contributed by atoms with van der Waals surface area (Å²) in [6.45, 7) is 6.94. The van der Waals surface area contributed by atoms with E-state index in [4.69, 9.17) is 23.8 Å². The van der Waals surface area contributed by atoms with E-state index in [0.717, 1.165) is 23.4 Å². The lowest BCUT2D eigenvalue weighted by atomic mass is 10.1. The van der Waals surface area contributed by atoms with Crippen LogP contribution in [0.5, 0.6) is 0 Å². The zero-order valence-corrected chi connectivity index (χ0v) is 15.0. The van der Waals surface area contributed by atoms with Crippen LogP contribution in [0.4, 0.5) is 5.69 Å². The molecule has 0 aromatic heterocycles. The summed E-state index contributed by atoms with van der Waals surface area (Å²) >= 11 is 11.8. The van der Waals surface area contributed by atoms with Gasteiger partial charge in [-0.2, -0.15) is 0 Å². The Morgan fingerprint density at radius 2 is 1.82 bits per heavy atom. The summed E-state index contributed by atoms with van der Waals surface area (Å²) in [4.78, 5) is 2.02. The monoisotopic (exact) mass is 332 g/mol. The van der Waals surface area contributed by atoms with Crippen LogP contribution in [0.2, 0.25) is 5.02 Å². The standard InChI is InChI=1S/C18H21ClN2S/c1-12-9-14(3)17(16(19)10-12)20-18(22)21(4)11-15-8-6-5-7-13(15)2/h5-10H,11H2,1-4H3,(H,20,22). The Kier molecular flexibility index (Phi) is 5.43. The van der Waals surface area contributed by atoms with Gasteiger partial charge in [0.2, 0.25) is 0 Å². The number of rotatable bonds is 3. The van der Waals surface area contributed by atoms with Crippen LogP contribution in [0.15, 0.2) is 36.4 Å². The number of nitrogens with one attached hydrogen (secondary N) is 1. The summed E-state index contributed by atoms with van der Waals surface area (Å²) in [5, 5.41) is 4.63. The third-order valence-corrected chi connectivity index (χ3v) is 4.39. The van der Waals surface area contributed by atoms with E-state index in [1.807, 2.05) is 44.0 Å². The Morgan fingerprint density at radius 1 is 1.14 bits per heavy atom. The lowest BCUT2D eigenvalue weighted by molar-refractivity contribution is 0.507. The van der Waals surface area contributed by atoms with Crippen LogP contribution in [-0.2, 0) is 6.54 Å². The van der Waals surface area contributed by atoms with Crippen molar-refractivity contribution in [2.24, 2.45) is 0 Å². The number of nitrogens with zero attached hydrogens (tertiary/aromatic N) is 1. The second-order valence-corrected chi connectivity index (χ2v) is 6.45. The van der Waals surface area contributed by atoms with Gasteiger partial charge in [-0.25, -0.2) is 0 Å². The van der Waals surface area contributed by atoms with E-state index in [2.05, 4.69) is 30.4 Å². The molecule has 0 saturated carbocycles. The van der Waals surface area contributed by atoms with Crippen LogP contribution in [-0.4, -0.2) is 17.1 Å². The second-order valence-electron chi connectivity index (χ2n) is 5.65. The van der Waals surface area contributed by atoms with E-state index in [-0.39, 0.29) is 0 Å². The minimum Gasteiger partial charge on any atom is -0.348 e. The molecular weight excluding hydrogens is 312 g/mol. The summed E-state index contributed by atoms with van der Waals surface area (Å²) < 4.78 is 0. The average Bonchev–Trinajstić information content (AvgIpc) is 2.45. The summed E-state index contributed by atoms with van der Waals surface area (Å²) in [7, 11) is 1.99. The molecule has 0 aliphatic heterocycles. The Morgan fingerprint density at radius 3 is 2.45 bits per heavy atom. The maximum absolute atomic E-state index is 6.33. The van der Waals surface area contributed by atoms with Crippen molar-refractivity contribution in [3.8, 4) is 0 Å². The van der Waals surface area contributed by atoms with Crippen LogP contribution >= 0.6 is 23.8 Å². The number of hydrogen-bond donors (Lipinski definition) is 1. The van der Waals surface area contributed by atoms with Crippen molar-refractivity contribution in [1.82, 2.24) is 4.90 Å². The quantitative estimate of drug-likeness (QED) is 0.788. The number of hydrogen-bond acceptors (Lipinski definition) is 1. The van der Waals surface area contributed by atoms with Crippen LogP contribution in [0, 0.1) is 20.8 Å². The van der Waals surface area contributed by atoms with Crippen LogP contribution < -0.4 is 5.32 Å². The number of anilines is 1. The Labute approximate surface area is 143 Å². The molecule has 1 N–H and O–H groups in total. The second kappa shape index (κ2) is 7.12. The van der Waals surface area contributed by atoms with Gasteiger partial charge in [0.25, 0.3) is 0 Å². The molecule has 4 heteroatoms. The zero-order chi connectivity index (χ0) is 16.3. The fourth-order valence-electron chi connectivity index (χ4n) is 2.39. The molecule has 2 rings (SSSR count). The summed E-state index contributed by atoms with van der Waals surface area (Å²) in [6, 6.07) is 12.4. The minimum atomic E-state index is 0.664. The van der Waals surface area contributed by atoms with Crippen molar-refractivity contribution in [1.29, 1.82) is 0 Å². The SMILES string of the molecule is Cc1cc(C)c(NC(=S)N(C)Cc2ccccc2C)c(Cl)c1. The van der Waals surface area contributed by atoms with Gasteiger partial charge < -0.3 is 10.2 Å². The molecule has 0 atom stereocenters. The average molecular weight is 333 g/mol. The third-order valence-electron chi connectivity index (χ3n) is 3.68. The first-order valence-corrected chi connectivity index (χ1v) is 8.00. The summed E-state index contributed by atoms with van der Waals surface area (Å²) in [5.74, 6) is 0. The normalized spacial score (nSPS) is 10.4. The van der Waals surface area contributed by atoms with E-state index < -0.39 is 0 Å². The molecule has 0 bridgehead atoms. The van der Waals surface area contributed by atoms with Gasteiger partial charge in [-0.1, -0.05) is 41.9 Å². The molecule has 2 aromatic carbocycles. The molecular formula is C18H21ClN2S. The summed E-state index contributed by atoms with van der Waals surface area (Å²) in [6.07, 6.45) is 0. The molecule has 2 nitrogen and oxygen atoms in total. The highest BCUT2D eigenvalue weighted by Crippen LogP contribution is 2.27. The number of benzene rings is 2. The predicted octanol–water partition coefficient (Wildman–Crippen LogP) is 5.09. The molecule has 0 radical (unpaired) electrons. The van der Waals surface area contributed by atoms with Crippen molar-refractivity contribution in [2.75, 3.05) is 12.4 Å². The highest BCUT2D eigenvalue weighted by molar-refractivity contribution is 7.80. The highest BCUT2D eigenvalue weighted by atomic mass is 35.5. The molecule has 0 fully saturated rings. The molecule has 0 amide bonds. The van der Waals surface area contributed by atoms with Crippen molar-refractivity contribution in [3.05, 3.63) is 63.7 Å². The molecule has 22 heavy (non-hydrogen) atoms. The first-order chi connectivity index (χ1) is 10.4. The first-order valence-electron chi connectivity index (χ1n) is 7.22. The Hall–Kier alpha value is -1.58. The van der Waals surface area contributed by atoms with Gasteiger partial charge in [0.15, 0.2) is 5.11 Å². The van der Waals surface area contributed by atoms with Crippen molar-refractivity contribution >= 4 is 34.6 Å². The van der Waals surface area contributed by atoms with Gasteiger partial charge >= 0.3 is 0 Å². The topological polar surface area (TPSA) is 15.3 Å². The molecule has 0 heterocycles. The minimum absolute atomic E-state index is 0.664. The number of halogens is 1. The van der Waals surface area contributed by atoms with Crippen LogP contribution in [0.3, 0.4) is 0 Å². The maximum Gasteiger partial charge on any atom is 0.173 e. The van der Waals surface area contributed by atoms with E-state index in [1.54, 1.807) is 0 Å². The van der Waals surface area contributed by atoms with E-state index in [0.29, 0.717) is 10.1 Å².